The first-order valence-corrected chi connectivity index (χ1v) is 4.75. The van der Waals surface area contributed by atoms with Gasteiger partial charge >= 0.3 is 0 Å². The average molecular weight is 183 g/mol. The number of allylic oxidation sites excluding steroid dienone is 2. The summed E-state index contributed by atoms with van der Waals surface area (Å²) in [5.74, 6) is -1.29. The van der Waals surface area contributed by atoms with Gasteiger partial charge < -0.3 is 15.2 Å². The standard InChI is InChI=1S/C10H17NO2/c1-2-3-6-9-13-10(12)7-4-5-8-11-10/h4-5,7-8,11-12H,2-3,6,9H2,1H3. The molecule has 0 saturated carbocycles. The SMILES string of the molecule is CCCCCOC1(O)C=CC=CN1. The van der Waals surface area contributed by atoms with Crippen LogP contribution >= 0.6 is 0 Å². The van der Waals surface area contributed by atoms with Gasteiger partial charge in [-0.05, 0) is 18.6 Å². The number of ether oxygens (including phenoxy) is 1. The molecule has 3 heteroatoms. The molecular formula is C10H17NO2. The van der Waals surface area contributed by atoms with Crippen molar-refractivity contribution in [1.82, 2.24) is 5.32 Å². The third-order valence-corrected chi connectivity index (χ3v) is 1.89. The molecule has 1 heterocycles. The lowest BCUT2D eigenvalue weighted by atomic mass is 10.2. The van der Waals surface area contributed by atoms with Crippen LogP contribution in [0.4, 0.5) is 0 Å². The lowest BCUT2D eigenvalue weighted by Gasteiger charge is -2.26. The fraction of sp³-hybridized carbons (Fsp3) is 0.600. The smallest absolute Gasteiger partial charge is 0.267 e. The zero-order chi connectivity index (χ0) is 9.57. The van der Waals surface area contributed by atoms with E-state index in [9.17, 15) is 5.11 Å². The van der Waals surface area contributed by atoms with E-state index in [0.717, 1.165) is 19.3 Å². The number of rotatable bonds is 5. The molecule has 1 aliphatic rings. The second kappa shape index (κ2) is 5.04. The Bertz CT molecular complexity index is 201. The molecule has 0 aromatic carbocycles. The molecule has 0 bridgehead atoms. The maximum absolute atomic E-state index is 9.70. The molecule has 0 aromatic rings. The van der Waals surface area contributed by atoms with E-state index in [2.05, 4.69) is 12.2 Å². The van der Waals surface area contributed by atoms with Crippen LogP contribution < -0.4 is 5.32 Å². The van der Waals surface area contributed by atoms with E-state index in [-0.39, 0.29) is 0 Å². The second-order valence-corrected chi connectivity index (χ2v) is 3.11. The lowest BCUT2D eigenvalue weighted by molar-refractivity contribution is -0.182. The van der Waals surface area contributed by atoms with Gasteiger partial charge in [-0.1, -0.05) is 25.8 Å². The molecule has 3 nitrogen and oxygen atoms in total. The van der Waals surface area contributed by atoms with Crippen molar-refractivity contribution in [2.45, 2.75) is 32.1 Å². The second-order valence-electron chi connectivity index (χ2n) is 3.11. The van der Waals surface area contributed by atoms with Crippen molar-refractivity contribution in [3.63, 3.8) is 0 Å². The van der Waals surface area contributed by atoms with Crippen LogP contribution in [0.1, 0.15) is 26.2 Å². The zero-order valence-corrected chi connectivity index (χ0v) is 7.99. The summed E-state index contributed by atoms with van der Waals surface area (Å²) >= 11 is 0. The summed E-state index contributed by atoms with van der Waals surface area (Å²) in [5.41, 5.74) is 0. The van der Waals surface area contributed by atoms with Gasteiger partial charge in [-0.3, -0.25) is 0 Å². The lowest BCUT2D eigenvalue weighted by Crippen LogP contribution is -2.44. The Morgan fingerprint density at radius 3 is 2.85 bits per heavy atom. The van der Waals surface area contributed by atoms with E-state index in [1.54, 1.807) is 18.4 Å². The van der Waals surface area contributed by atoms with Crippen molar-refractivity contribution < 1.29 is 9.84 Å². The molecule has 1 rings (SSSR count). The largest absolute Gasteiger partial charge is 0.345 e. The molecule has 1 atom stereocenters. The summed E-state index contributed by atoms with van der Waals surface area (Å²) in [5, 5.41) is 12.4. The van der Waals surface area contributed by atoms with Crippen molar-refractivity contribution in [2.24, 2.45) is 0 Å². The highest BCUT2D eigenvalue weighted by atomic mass is 16.6. The molecule has 0 spiro atoms. The van der Waals surface area contributed by atoms with E-state index in [0.29, 0.717) is 6.61 Å². The first kappa shape index (κ1) is 10.3. The van der Waals surface area contributed by atoms with Crippen LogP contribution in [0.15, 0.2) is 24.4 Å². The van der Waals surface area contributed by atoms with Gasteiger partial charge in [0.05, 0.1) is 6.61 Å². The molecule has 74 valence electrons. The van der Waals surface area contributed by atoms with Crippen LogP contribution in [0.2, 0.25) is 0 Å². The first-order valence-electron chi connectivity index (χ1n) is 4.75. The Balaban J connectivity index is 2.19. The Morgan fingerprint density at radius 2 is 2.23 bits per heavy atom. The summed E-state index contributed by atoms with van der Waals surface area (Å²) in [4.78, 5) is 0. The molecule has 0 amide bonds. The third kappa shape index (κ3) is 3.61. The number of unbranched alkanes of at least 4 members (excludes halogenated alkanes) is 2. The molecular weight excluding hydrogens is 166 g/mol. The van der Waals surface area contributed by atoms with Crippen molar-refractivity contribution in [2.75, 3.05) is 6.61 Å². The van der Waals surface area contributed by atoms with E-state index >= 15 is 0 Å². The van der Waals surface area contributed by atoms with Crippen LogP contribution in [0.25, 0.3) is 0 Å². The molecule has 0 radical (unpaired) electrons. The molecule has 0 fully saturated rings. The van der Waals surface area contributed by atoms with Crippen molar-refractivity contribution >= 4 is 0 Å². The first-order chi connectivity index (χ1) is 6.27. The van der Waals surface area contributed by atoms with Crippen LogP contribution in [0.3, 0.4) is 0 Å². The van der Waals surface area contributed by atoms with Crippen molar-refractivity contribution in [3.05, 3.63) is 24.4 Å². The molecule has 1 unspecified atom stereocenters. The molecule has 13 heavy (non-hydrogen) atoms. The highest BCUT2D eigenvalue weighted by molar-refractivity contribution is 5.12. The summed E-state index contributed by atoms with van der Waals surface area (Å²) in [6, 6.07) is 0. The topological polar surface area (TPSA) is 41.5 Å². The zero-order valence-electron chi connectivity index (χ0n) is 7.99. The number of nitrogens with one attached hydrogen (secondary N) is 1. The molecule has 1 aliphatic heterocycles. The third-order valence-electron chi connectivity index (χ3n) is 1.89. The van der Waals surface area contributed by atoms with Gasteiger partial charge in [-0.25, -0.2) is 0 Å². The Kier molecular flexibility index (Phi) is 3.99. The minimum atomic E-state index is -1.29. The van der Waals surface area contributed by atoms with Gasteiger partial charge in [0.15, 0.2) is 0 Å². The summed E-state index contributed by atoms with van der Waals surface area (Å²) < 4.78 is 5.28. The van der Waals surface area contributed by atoms with Crippen LogP contribution in [0, 0.1) is 0 Å². The number of dihydropyridines is 1. The minimum absolute atomic E-state index is 0.579. The van der Waals surface area contributed by atoms with Gasteiger partial charge in [0.2, 0.25) is 0 Å². The average Bonchev–Trinajstić information content (AvgIpc) is 2.14. The maximum atomic E-state index is 9.70. The van der Waals surface area contributed by atoms with E-state index in [1.807, 2.05) is 6.08 Å². The van der Waals surface area contributed by atoms with E-state index in [1.165, 1.54) is 0 Å². The predicted molar refractivity (Wildman–Crippen MR) is 51.8 cm³/mol. The molecule has 2 N–H and O–H groups in total. The van der Waals surface area contributed by atoms with Crippen LogP contribution in [0.5, 0.6) is 0 Å². The van der Waals surface area contributed by atoms with E-state index in [4.69, 9.17) is 4.74 Å². The fourth-order valence-corrected chi connectivity index (χ4v) is 1.13. The monoisotopic (exact) mass is 183 g/mol. The van der Waals surface area contributed by atoms with E-state index < -0.39 is 5.91 Å². The summed E-state index contributed by atoms with van der Waals surface area (Å²) in [6.45, 7) is 2.71. The highest BCUT2D eigenvalue weighted by Crippen LogP contribution is 2.09. The quantitative estimate of drug-likeness (QED) is 0.501. The molecule has 0 aromatic heterocycles. The number of aliphatic hydroxyl groups is 1. The van der Waals surface area contributed by atoms with Gasteiger partial charge in [0.25, 0.3) is 5.91 Å². The van der Waals surface area contributed by atoms with Crippen LogP contribution in [-0.4, -0.2) is 17.6 Å². The highest BCUT2D eigenvalue weighted by Gasteiger charge is 2.22. The Morgan fingerprint density at radius 1 is 1.38 bits per heavy atom. The van der Waals surface area contributed by atoms with Gasteiger partial charge in [0.1, 0.15) is 0 Å². The van der Waals surface area contributed by atoms with Gasteiger partial charge in [0, 0.05) is 6.20 Å². The number of hydrogen-bond acceptors (Lipinski definition) is 3. The van der Waals surface area contributed by atoms with Crippen LogP contribution in [-0.2, 0) is 4.74 Å². The Labute approximate surface area is 79.1 Å². The van der Waals surface area contributed by atoms with Crippen molar-refractivity contribution in [1.29, 1.82) is 0 Å². The summed E-state index contributed by atoms with van der Waals surface area (Å²) in [6.07, 6.45) is 10.1. The minimum Gasteiger partial charge on any atom is -0.345 e. The predicted octanol–water partition coefficient (Wildman–Crippen LogP) is 1.51. The normalized spacial score (nSPS) is 26.0. The molecule has 0 saturated heterocycles. The van der Waals surface area contributed by atoms with Gasteiger partial charge in [-0.2, -0.15) is 0 Å². The fourth-order valence-electron chi connectivity index (χ4n) is 1.13. The maximum Gasteiger partial charge on any atom is 0.267 e. The number of hydrogen-bond donors (Lipinski definition) is 2. The molecule has 0 aliphatic carbocycles. The summed E-state index contributed by atoms with van der Waals surface area (Å²) in [7, 11) is 0. The van der Waals surface area contributed by atoms with Gasteiger partial charge in [-0.15, -0.1) is 0 Å². The van der Waals surface area contributed by atoms with Crippen molar-refractivity contribution in [3.8, 4) is 0 Å². The Hall–Kier alpha value is -0.800.